The van der Waals surface area contributed by atoms with Crippen LogP contribution in [0.25, 0.3) is 0 Å². The van der Waals surface area contributed by atoms with Crippen LogP contribution >= 0.6 is 0 Å². The van der Waals surface area contributed by atoms with E-state index in [1.807, 2.05) is 30.3 Å². The van der Waals surface area contributed by atoms with Crippen LogP contribution in [0, 0.1) is 6.92 Å². The smallest absolute Gasteiger partial charge is 0.371 e. The van der Waals surface area contributed by atoms with Gasteiger partial charge in [0.1, 0.15) is 0 Å². The average molecular weight is 441 g/mol. The topological polar surface area (TPSA) is 78.5 Å². The minimum atomic E-state index is -5.51. The van der Waals surface area contributed by atoms with Crippen molar-refractivity contribution in [1.29, 1.82) is 0 Å². The molecule has 0 bridgehead atoms. The molecule has 0 atom stereocenters. The number of anilines is 2. The van der Waals surface area contributed by atoms with E-state index in [1.54, 1.807) is 0 Å². The maximum Gasteiger partial charge on any atom is 0.516 e. The zero-order valence-corrected chi connectivity index (χ0v) is 17.1. The lowest BCUT2D eigenvalue weighted by atomic mass is 10.0. The molecular weight excluding hydrogens is 419 g/mol. The number of carbonyl (C=O) groups excluding carboxylic acids is 1. The molecule has 1 saturated heterocycles. The Morgan fingerprint density at radius 1 is 1.07 bits per heavy atom. The molecule has 30 heavy (non-hydrogen) atoms. The number of halogens is 3. The molecule has 1 fully saturated rings. The van der Waals surface area contributed by atoms with Crippen molar-refractivity contribution in [2.45, 2.75) is 31.3 Å². The van der Waals surface area contributed by atoms with E-state index in [4.69, 9.17) is 0 Å². The predicted octanol–water partition coefficient (Wildman–Crippen LogP) is 3.66. The van der Waals surface area contributed by atoms with Crippen molar-refractivity contribution in [2.24, 2.45) is 0 Å². The Hall–Kier alpha value is -2.75. The van der Waals surface area contributed by atoms with Crippen LogP contribution in [-0.4, -0.2) is 39.0 Å². The normalized spacial score (nSPS) is 15.7. The first-order chi connectivity index (χ1) is 14.1. The van der Waals surface area contributed by atoms with Crippen LogP contribution in [0.1, 0.15) is 28.8 Å². The molecule has 1 heterocycles. The fraction of sp³-hybridized carbons (Fsp3) is 0.350. The van der Waals surface area contributed by atoms with Crippen LogP contribution in [0.15, 0.2) is 48.5 Å². The lowest BCUT2D eigenvalue weighted by Crippen LogP contribution is -2.44. The highest BCUT2D eigenvalue weighted by Gasteiger charge is 2.46. The van der Waals surface area contributed by atoms with Crippen molar-refractivity contribution < 1.29 is 26.4 Å². The van der Waals surface area contributed by atoms with Gasteiger partial charge in [-0.3, -0.25) is 9.52 Å². The minimum Gasteiger partial charge on any atom is -0.371 e. The lowest BCUT2D eigenvalue weighted by Gasteiger charge is -2.34. The number of alkyl halides is 3. The van der Waals surface area contributed by atoms with Crippen LogP contribution in [-0.2, 0) is 10.0 Å². The van der Waals surface area contributed by atoms with Gasteiger partial charge in [0.25, 0.3) is 5.91 Å². The van der Waals surface area contributed by atoms with E-state index in [0.29, 0.717) is 0 Å². The molecule has 2 N–H and O–H groups in total. The van der Waals surface area contributed by atoms with Gasteiger partial charge in [0, 0.05) is 30.4 Å². The first kappa shape index (κ1) is 21.9. The maximum atomic E-state index is 12.5. The molecule has 1 aliphatic heterocycles. The number of benzene rings is 2. The van der Waals surface area contributed by atoms with E-state index >= 15 is 0 Å². The van der Waals surface area contributed by atoms with Gasteiger partial charge in [-0.15, -0.1) is 0 Å². The quantitative estimate of drug-likeness (QED) is 0.743. The average Bonchev–Trinajstić information content (AvgIpc) is 2.70. The molecule has 162 valence electrons. The molecule has 0 aliphatic carbocycles. The van der Waals surface area contributed by atoms with Gasteiger partial charge in [0.05, 0.1) is 5.69 Å². The van der Waals surface area contributed by atoms with E-state index in [2.05, 4.69) is 10.2 Å². The van der Waals surface area contributed by atoms with Gasteiger partial charge in [0.2, 0.25) is 0 Å². The van der Waals surface area contributed by atoms with Gasteiger partial charge >= 0.3 is 15.5 Å². The van der Waals surface area contributed by atoms with Gasteiger partial charge in [-0.1, -0.05) is 18.2 Å². The number of sulfonamides is 1. The Morgan fingerprint density at radius 2 is 1.70 bits per heavy atom. The van der Waals surface area contributed by atoms with Gasteiger partial charge in [-0.2, -0.15) is 21.6 Å². The highest BCUT2D eigenvalue weighted by Crippen LogP contribution is 2.27. The summed E-state index contributed by atoms with van der Waals surface area (Å²) >= 11 is 0. The van der Waals surface area contributed by atoms with Crippen molar-refractivity contribution in [3.05, 3.63) is 59.7 Å². The second-order valence-electron chi connectivity index (χ2n) is 7.15. The van der Waals surface area contributed by atoms with E-state index in [1.165, 1.54) is 23.8 Å². The molecule has 1 amide bonds. The number of nitrogens with zero attached hydrogens (tertiary/aromatic N) is 1. The fourth-order valence-electron chi connectivity index (χ4n) is 3.31. The molecule has 0 radical (unpaired) electrons. The van der Waals surface area contributed by atoms with Gasteiger partial charge in [-0.05, 0) is 55.7 Å². The number of aryl methyl sites for hydroxylation is 1. The summed E-state index contributed by atoms with van der Waals surface area (Å²) in [4.78, 5) is 14.8. The Morgan fingerprint density at radius 3 is 2.27 bits per heavy atom. The summed E-state index contributed by atoms with van der Waals surface area (Å²) in [5.41, 5.74) is -4.03. The number of carbonyl (C=O) groups is 1. The summed E-state index contributed by atoms with van der Waals surface area (Å²) in [6.07, 6.45) is 1.53. The zero-order valence-electron chi connectivity index (χ0n) is 16.2. The van der Waals surface area contributed by atoms with Crippen LogP contribution in [0.5, 0.6) is 0 Å². The first-order valence-corrected chi connectivity index (χ1v) is 10.9. The highest BCUT2D eigenvalue weighted by molar-refractivity contribution is 7.93. The molecular formula is C20H22F3N3O3S. The summed E-state index contributed by atoms with van der Waals surface area (Å²) in [6.45, 7) is 3.03. The minimum absolute atomic E-state index is 0.0128. The predicted molar refractivity (Wildman–Crippen MR) is 109 cm³/mol. The molecule has 2 aromatic rings. The maximum absolute atomic E-state index is 12.5. The fourth-order valence-corrected chi connectivity index (χ4v) is 3.95. The Bertz CT molecular complexity index is 1000. The number of piperidine rings is 1. The summed E-state index contributed by atoms with van der Waals surface area (Å²) in [5, 5.41) is 2.94. The number of hydrogen-bond acceptors (Lipinski definition) is 4. The zero-order chi connectivity index (χ0) is 21.9. The highest BCUT2D eigenvalue weighted by atomic mass is 32.2. The van der Waals surface area contributed by atoms with Gasteiger partial charge in [-0.25, -0.2) is 0 Å². The molecule has 0 unspecified atom stereocenters. The van der Waals surface area contributed by atoms with E-state index in [0.717, 1.165) is 37.7 Å². The van der Waals surface area contributed by atoms with Gasteiger partial charge < -0.3 is 10.2 Å². The number of para-hydroxylation sites is 1. The van der Waals surface area contributed by atoms with E-state index in [9.17, 15) is 26.4 Å². The molecule has 0 spiro atoms. The second kappa shape index (κ2) is 8.55. The SMILES string of the molecule is Cc1cc(C(=O)NC2CCN(c3ccccc3)CC2)ccc1NS(=O)(=O)C(F)(F)F. The van der Waals surface area contributed by atoms with Crippen LogP contribution < -0.4 is 14.9 Å². The lowest BCUT2D eigenvalue weighted by molar-refractivity contribution is -0.0429. The summed E-state index contributed by atoms with van der Waals surface area (Å²) in [5.74, 6) is -0.346. The van der Waals surface area contributed by atoms with Crippen molar-refractivity contribution in [3.63, 3.8) is 0 Å². The summed E-state index contributed by atoms with van der Waals surface area (Å²) in [7, 11) is -5.51. The number of hydrogen-bond donors (Lipinski definition) is 2. The van der Waals surface area contributed by atoms with Crippen molar-refractivity contribution in [2.75, 3.05) is 22.7 Å². The third kappa shape index (κ3) is 5.05. The molecule has 0 saturated carbocycles. The molecule has 6 nitrogen and oxygen atoms in total. The van der Waals surface area contributed by atoms with E-state index in [-0.39, 0.29) is 28.8 Å². The van der Waals surface area contributed by atoms with Crippen molar-refractivity contribution in [1.82, 2.24) is 5.32 Å². The standard InChI is InChI=1S/C20H22F3N3O3S/c1-14-13-15(7-8-18(14)25-30(28,29)20(21,22)23)19(27)24-16-9-11-26(12-10-16)17-5-3-2-4-6-17/h2-8,13,16,25H,9-12H2,1H3,(H,24,27). The van der Waals surface area contributed by atoms with Crippen molar-refractivity contribution in [3.8, 4) is 0 Å². The monoisotopic (exact) mass is 441 g/mol. The van der Waals surface area contributed by atoms with Crippen LogP contribution in [0.2, 0.25) is 0 Å². The number of rotatable bonds is 5. The Labute approximate surface area is 173 Å². The van der Waals surface area contributed by atoms with Crippen molar-refractivity contribution >= 4 is 27.3 Å². The third-order valence-corrected chi connectivity index (χ3v) is 6.09. The number of nitrogens with one attached hydrogen (secondary N) is 2. The Kier molecular flexibility index (Phi) is 6.25. The summed E-state index contributed by atoms with van der Waals surface area (Å²) in [6, 6.07) is 13.8. The first-order valence-electron chi connectivity index (χ1n) is 9.37. The molecule has 2 aromatic carbocycles. The van der Waals surface area contributed by atoms with Crippen LogP contribution in [0.3, 0.4) is 0 Å². The molecule has 1 aliphatic rings. The Balaban J connectivity index is 1.59. The molecule has 10 heteroatoms. The summed E-state index contributed by atoms with van der Waals surface area (Å²) < 4.78 is 61.6. The largest absolute Gasteiger partial charge is 0.516 e. The molecule has 0 aromatic heterocycles. The third-order valence-electron chi connectivity index (χ3n) is 4.99. The van der Waals surface area contributed by atoms with Gasteiger partial charge in [0.15, 0.2) is 0 Å². The van der Waals surface area contributed by atoms with E-state index < -0.39 is 15.5 Å². The molecule has 3 rings (SSSR count). The number of amides is 1. The second-order valence-corrected chi connectivity index (χ2v) is 8.83. The van der Waals surface area contributed by atoms with Crippen LogP contribution in [0.4, 0.5) is 24.5 Å².